The number of rotatable bonds is 9. The molecule has 260 valence electrons. The van der Waals surface area contributed by atoms with E-state index in [-0.39, 0.29) is 18.2 Å². The highest BCUT2D eigenvalue weighted by atomic mass is 32.1. The summed E-state index contributed by atoms with van der Waals surface area (Å²) in [5.41, 5.74) is 1.99. The molecule has 3 amide bonds. The lowest BCUT2D eigenvalue weighted by molar-refractivity contribution is -0.115. The molecule has 1 unspecified atom stereocenters. The molecule has 0 radical (unpaired) electrons. The van der Waals surface area contributed by atoms with Crippen LogP contribution >= 0.6 is 22.7 Å². The van der Waals surface area contributed by atoms with Crippen molar-refractivity contribution in [2.24, 2.45) is 0 Å². The minimum atomic E-state index is -0.587. The van der Waals surface area contributed by atoms with E-state index >= 15 is 0 Å². The summed E-state index contributed by atoms with van der Waals surface area (Å²) in [6.07, 6.45) is 3.83. The van der Waals surface area contributed by atoms with Crippen LogP contribution in [-0.4, -0.2) is 49.7 Å². The SMILES string of the molecule is CC(C)(C)OC(=O)Nc1ccc(CC(=O)Nc2nnc(C3CCC[C@H](c4nnc(Cc5ccc(NC(=O)OC(C)(C)C)cc5)s4)C3)s2)cc1. The van der Waals surface area contributed by atoms with Gasteiger partial charge in [0.15, 0.2) is 0 Å². The van der Waals surface area contributed by atoms with Crippen molar-refractivity contribution >= 4 is 57.3 Å². The number of hydrogen-bond donors (Lipinski definition) is 3. The van der Waals surface area contributed by atoms with Crippen molar-refractivity contribution in [2.45, 2.75) is 103 Å². The van der Waals surface area contributed by atoms with Crippen molar-refractivity contribution < 1.29 is 23.9 Å². The minimum absolute atomic E-state index is 0.166. The number of nitrogens with zero attached hydrogens (tertiary/aromatic N) is 4. The standard InChI is InChI=1S/C35H43N7O5S2/c1-34(2,3)46-32(44)36-25-14-10-21(11-15-25)18-27(43)38-31-42-41-30(49-31)24-9-7-8-23(20-24)29-40-39-28(48-29)19-22-12-16-26(17-13-22)37-33(45)47-35(4,5)6/h10-17,23-24H,7-9,18-20H2,1-6H3,(H,36,44)(H,37,45)(H,38,42,43)/t23-,24?/m0/s1. The van der Waals surface area contributed by atoms with Gasteiger partial charge in [0.1, 0.15) is 26.2 Å². The first-order valence-electron chi connectivity index (χ1n) is 16.3. The Morgan fingerprint density at radius 3 is 1.76 bits per heavy atom. The summed E-state index contributed by atoms with van der Waals surface area (Å²) in [6.45, 7) is 10.9. The molecule has 14 heteroatoms. The Bertz CT molecular complexity index is 1740. The molecule has 0 bridgehead atoms. The molecule has 1 saturated carbocycles. The number of carbonyl (C=O) groups is 3. The highest BCUT2D eigenvalue weighted by Crippen LogP contribution is 2.43. The Morgan fingerprint density at radius 1 is 0.694 bits per heavy atom. The van der Waals surface area contributed by atoms with E-state index in [2.05, 4.69) is 36.3 Å². The third-order valence-electron chi connectivity index (χ3n) is 7.46. The van der Waals surface area contributed by atoms with Crippen molar-refractivity contribution in [3.05, 3.63) is 74.7 Å². The van der Waals surface area contributed by atoms with Crippen LogP contribution in [0.2, 0.25) is 0 Å². The van der Waals surface area contributed by atoms with Gasteiger partial charge in [-0.05, 0) is 96.2 Å². The van der Waals surface area contributed by atoms with Crippen LogP contribution in [0.5, 0.6) is 0 Å². The first-order chi connectivity index (χ1) is 23.2. The Balaban J connectivity index is 1.09. The molecule has 0 aliphatic heterocycles. The third kappa shape index (κ3) is 11.3. The van der Waals surface area contributed by atoms with Crippen LogP contribution < -0.4 is 16.0 Å². The molecular weight excluding hydrogens is 663 g/mol. The van der Waals surface area contributed by atoms with Gasteiger partial charge in [0.25, 0.3) is 0 Å². The molecule has 1 aliphatic rings. The van der Waals surface area contributed by atoms with E-state index in [9.17, 15) is 14.4 Å². The molecule has 12 nitrogen and oxygen atoms in total. The van der Waals surface area contributed by atoms with Gasteiger partial charge in [-0.25, -0.2) is 9.59 Å². The summed E-state index contributed by atoms with van der Waals surface area (Å²) in [7, 11) is 0. The number of nitrogens with one attached hydrogen (secondary N) is 3. The number of carbonyl (C=O) groups excluding carboxylic acids is 3. The number of amides is 3. The van der Waals surface area contributed by atoms with Crippen LogP contribution in [0.3, 0.4) is 0 Å². The topological polar surface area (TPSA) is 157 Å². The summed E-state index contributed by atoms with van der Waals surface area (Å²) in [5, 5.41) is 29.4. The lowest BCUT2D eigenvalue weighted by Crippen LogP contribution is -2.27. The van der Waals surface area contributed by atoms with Gasteiger partial charge in [-0.15, -0.1) is 31.7 Å². The Morgan fingerprint density at radius 2 is 1.20 bits per heavy atom. The van der Waals surface area contributed by atoms with Gasteiger partial charge >= 0.3 is 12.2 Å². The lowest BCUT2D eigenvalue weighted by atomic mass is 9.82. The number of ether oxygens (including phenoxy) is 2. The highest BCUT2D eigenvalue weighted by Gasteiger charge is 2.29. The molecular formula is C35H43N7O5S2. The molecule has 0 saturated heterocycles. The second-order valence-electron chi connectivity index (χ2n) is 14.1. The quantitative estimate of drug-likeness (QED) is 0.156. The first kappa shape index (κ1) is 35.9. The molecule has 2 atom stereocenters. The van der Waals surface area contributed by atoms with Crippen molar-refractivity contribution in [1.29, 1.82) is 0 Å². The smallest absolute Gasteiger partial charge is 0.412 e. The molecule has 2 heterocycles. The fourth-order valence-corrected chi connectivity index (χ4v) is 7.30. The zero-order valence-corrected chi connectivity index (χ0v) is 30.3. The van der Waals surface area contributed by atoms with Gasteiger partial charge in [0.2, 0.25) is 11.0 Å². The Labute approximate surface area is 294 Å². The number of benzene rings is 2. The minimum Gasteiger partial charge on any atom is -0.444 e. The second-order valence-corrected chi connectivity index (χ2v) is 16.2. The molecule has 5 rings (SSSR count). The van der Waals surface area contributed by atoms with Gasteiger partial charge < -0.3 is 14.8 Å². The number of anilines is 3. The monoisotopic (exact) mass is 705 g/mol. The van der Waals surface area contributed by atoms with Gasteiger partial charge in [-0.2, -0.15) is 0 Å². The van der Waals surface area contributed by atoms with E-state index in [4.69, 9.17) is 9.47 Å². The second kappa shape index (κ2) is 15.4. The van der Waals surface area contributed by atoms with Crippen LogP contribution in [0, 0.1) is 0 Å². The summed E-state index contributed by atoms with van der Waals surface area (Å²) >= 11 is 3.07. The van der Waals surface area contributed by atoms with Gasteiger partial charge in [0.05, 0.1) is 6.42 Å². The zero-order valence-electron chi connectivity index (χ0n) is 28.7. The third-order valence-corrected chi connectivity index (χ3v) is 9.55. The molecule has 1 fully saturated rings. The van der Waals surface area contributed by atoms with Crippen LogP contribution in [0.4, 0.5) is 26.1 Å². The molecule has 3 N–H and O–H groups in total. The van der Waals surface area contributed by atoms with E-state index in [1.165, 1.54) is 11.3 Å². The molecule has 0 spiro atoms. The van der Waals surface area contributed by atoms with E-state index in [1.807, 2.05) is 45.0 Å². The summed E-state index contributed by atoms with van der Waals surface area (Å²) in [5.74, 6) is 0.344. The van der Waals surface area contributed by atoms with Crippen molar-refractivity contribution in [2.75, 3.05) is 16.0 Å². The summed E-state index contributed by atoms with van der Waals surface area (Å²) in [6, 6.07) is 14.7. The van der Waals surface area contributed by atoms with E-state index in [1.54, 1.807) is 56.4 Å². The van der Waals surface area contributed by atoms with E-state index in [0.717, 1.165) is 51.8 Å². The van der Waals surface area contributed by atoms with Crippen LogP contribution in [-0.2, 0) is 27.1 Å². The highest BCUT2D eigenvalue weighted by molar-refractivity contribution is 7.15. The predicted octanol–water partition coefficient (Wildman–Crippen LogP) is 8.30. The number of hydrogen-bond acceptors (Lipinski definition) is 11. The normalized spacial score (nSPS) is 16.4. The summed E-state index contributed by atoms with van der Waals surface area (Å²) in [4.78, 5) is 36.8. The number of aromatic nitrogens is 4. The molecule has 4 aromatic rings. The van der Waals surface area contributed by atoms with Crippen LogP contribution in [0.1, 0.15) is 105 Å². The zero-order chi connectivity index (χ0) is 35.2. The average molecular weight is 706 g/mol. The average Bonchev–Trinajstić information content (AvgIpc) is 3.67. The molecule has 2 aromatic carbocycles. The molecule has 2 aromatic heterocycles. The van der Waals surface area contributed by atoms with Gasteiger partial charge in [0, 0.05) is 29.6 Å². The Kier molecular flexibility index (Phi) is 11.3. The van der Waals surface area contributed by atoms with E-state index < -0.39 is 23.4 Å². The molecule has 49 heavy (non-hydrogen) atoms. The van der Waals surface area contributed by atoms with Gasteiger partial charge in [-0.1, -0.05) is 42.0 Å². The largest absolute Gasteiger partial charge is 0.444 e. The van der Waals surface area contributed by atoms with Crippen molar-refractivity contribution in [3.63, 3.8) is 0 Å². The van der Waals surface area contributed by atoms with Crippen LogP contribution in [0.25, 0.3) is 0 Å². The fourth-order valence-electron chi connectivity index (χ4n) is 5.37. The fraction of sp³-hybridized carbons (Fsp3) is 0.457. The lowest BCUT2D eigenvalue weighted by Gasteiger charge is -2.25. The van der Waals surface area contributed by atoms with Crippen LogP contribution in [0.15, 0.2) is 48.5 Å². The maximum Gasteiger partial charge on any atom is 0.412 e. The van der Waals surface area contributed by atoms with E-state index in [0.29, 0.717) is 28.8 Å². The molecule has 1 aliphatic carbocycles. The maximum absolute atomic E-state index is 12.8. The van der Waals surface area contributed by atoms with Gasteiger partial charge in [-0.3, -0.25) is 15.4 Å². The van der Waals surface area contributed by atoms with Crippen molar-refractivity contribution in [3.8, 4) is 0 Å². The first-order valence-corrected chi connectivity index (χ1v) is 17.9. The Hall–Kier alpha value is -4.43. The maximum atomic E-state index is 12.8. The predicted molar refractivity (Wildman–Crippen MR) is 192 cm³/mol. The van der Waals surface area contributed by atoms with Crippen molar-refractivity contribution in [1.82, 2.24) is 20.4 Å². The summed E-state index contributed by atoms with van der Waals surface area (Å²) < 4.78 is 10.6.